The third-order valence-corrected chi connectivity index (χ3v) is 1.59. The van der Waals surface area contributed by atoms with E-state index in [2.05, 4.69) is 0 Å². The number of rotatable bonds is 4. The molecule has 4 nitrogen and oxygen atoms in total. The zero-order chi connectivity index (χ0) is 9.28. The van der Waals surface area contributed by atoms with Gasteiger partial charge in [0.15, 0.2) is 0 Å². The van der Waals surface area contributed by atoms with Crippen molar-refractivity contribution in [1.29, 1.82) is 0 Å². The molecule has 0 amide bonds. The molecule has 0 saturated heterocycles. The molecular weight excluding hydrogens is 220 g/mol. The summed E-state index contributed by atoms with van der Waals surface area (Å²) in [7, 11) is 0. The SMILES string of the molecule is CSCC[C@H](N)C(=O)O.[OH][Zn]. The third kappa shape index (κ3) is 10.4. The standard InChI is InChI=1S/C5H11NO2S.H2O.Zn/c1-9-3-2-4(6)5(7)8;;/h4H,2-3,6H2,1H3,(H,7,8);1H2;/q;;+1/p-1/t4-;;/m0../s1. The molecule has 0 saturated carbocycles. The van der Waals surface area contributed by atoms with E-state index in [1.165, 1.54) is 0 Å². The van der Waals surface area contributed by atoms with Gasteiger partial charge in [0, 0.05) is 0 Å². The number of carbonyl (C=O) groups is 1. The molecule has 0 aromatic rings. The van der Waals surface area contributed by atoms with Crippen molar-refractivity contribution in [1.82, 2.24) is 0 Å². The van der Waals surface area contributed by atoms with Gasteiger partial charge in [-0.25, -0.2) is 0 Å². The number of thioether (sulfide) groups is 1. The number of hydrogen-bond donors (Lipinski definition) is 3. The summed E-state index contributed by atoms with van der Waals surface area (Å²) in [5, 5.41) is 8.27. The van der Waals surface area contributed by atoms with Gasteiger partial charge in [0.1, 0.15) is 6.04 Å². The Balaban J connectivity index is 0. The minimum absolute atomic E-state index is 0.375. The van der Waals surface area contributed by atoms with E-state index in [-0.39, 0.29) is 0 Å². The molecule has 11 heavy (non-hydrogen) atoms. The quantitative estimate of drug-likeness (QED) is 0.573. The van der Waals surface area contributed by atoms with Crippen LogP contribution in [-0.4, -0.2) is 33.1 Å². The van der Waals surface area contributed by atoms with Crippen molar-refractivity contribution < 1.29 is 32.5 Å². The molecule has 0 aromatic heterocycles. The number of aliphatic carboxylic acids is 1. The fourth-order valence-corrected chi connectivity index (χ4v) is 0.858. The zero-order valence-electron chi connectivity index (χ0n) is 6.49. The van der Waals surface area contributed by atoms with Crippen LogP contribution in [0.2, 0.25) is 0 Å². The Bertz CT molecular complexity index is 104. The number of nitrogens with two attached hydrogens (primary N) is 1. The molecule has 0 bridgehead atoms. The van der Waals surface area contributed by atoms with Crippen LogP contribution in [-0.2, 0) is 23.5 Å². The van der Waals surface area contributed by atoms with Crippen molar-refractivity contribution in [2.75, 3.05) is 12.0 Å². The zero-order valence-corrected chi connectivity index (χ0v) is 10.3. The average Bonchev–Trinajstić information content (AvgIpc) is 2.03. The van der Waals surface area contributed by atoms with Crippen LogP contribution in [0.25, 0.3) is 0 Å². The second-order valence-corrected chi connectivity index (χ2v) is 2.71. The fraction of sp³-hybridized carbons (Fsp3) is 0.800. The van der Waals surface area contributed by atoms with Crippen LogP contribution in [0.1, 0.15) is 6.42 Å². The van der Waals surface area contributed by atoms with E-state index in [9.17, 15) is 4.79 Å². The van der Waals surface area contributed by atoms with Crippen LogP contribution >= 0.6 is 11.8 Å². The summed E-state index contributed by atoms with van der Waals surface area (Å²) < 4.78 is 7.12. The Morgan fingerprint density at radius 3 is 2.45 bits per heavy atom. The Morgan fingerprint density at radius 2 is 2.18 bits per heavy atom. The Morgan fingerprint density at radius 1 is 1.73 bits per heavy atom. The first-order valence-electron chi connectivity index (χ1n) is 2.97. The van der Waals surface area contributed by atoms with Gasteiger partial charge in [0.2, 0.25) is 0 Å². The predicted molar refractivity (Wildman–Crippen MR) is 40.8 cm³/mol. The van der Waals surface area contributed by atoms with E-state index < -0.39 is 12.0 Å². The van der Waals surface area contributed by atoms with Crippen molar-refractivity contribution in [3.63, 3.8) is 0 Å². The van der Waals surface area contributed by atoms with Crippen molar-refractivity contribution in [3.8, 4) is 0 Å². The second-order valence-electron chi connectivity index (χ2n) is 1.73. The summed E-state index contributed by atoms with van der Waals surface area (Å²) in [6.45, 7) is 0. The molecule has 0 spiro atoms. The summed E-state index contributed by atoms with van der Waals surface area (Å²) in [5.41, 5.74) is 5.19. The first kappa shape index (κ1) is 13.9. The summed E-state index contributed by atoms with van der Waals surface area (Å²) in [6, 6.07) is -0.683. The van der Waals surface area contributed by atoms with E-state index in [1.54, 1.807) is 11.8 Å². The molecule has 0 heterocycles. The van der Waals surface area contributed by atoms with Crippen molar-refractivity contribution in [2.24, 2.45) is 5.73 Å². The minimum atomic E-state index is -0.913. The van der Waals surface area contributed by atoms with E-state index in [0.717, 1.165) is 5.75 Å². The predicted octanol–water partition coefficient (Wildman–Crippen LogP) is -0.408. The maximum atomic E-state index is 10.1. The van der Waals surface area contributed by atoms with Crippen LogP contribution in [0.3, 0.4) is 0 Å². The molecule has 0 aliphatic rings. The molecule has 0 aromatic carbocycles. The van der Waals surface area contributed by atoms with Gasteiger partial charge in [-0.1, -0.05) is 0 Å². The van der Waals surface area contributed by atoms with Gasteiger partial charge < -0.3 is 10.8 Å². The number of hydrogen-bond acceptors (Lipinski definition) is 4. The Kier molecular flexibility index (Phi) is 13.1. The fourth-order valence-electron chi connectivity index (χ4n) is 0.368. The van der Waals surface area contributed by atoms with E-state index in [4.69, 9.17) is 14.8 Å². The molecule has 0 fully saturated rings. The topological polar surface area (TPSA) is 83.6 Å². The van der Waals surface area contributed by atoms with Gasteiger partial charge in [0.25, 0.3) is 0 Å². The molecule has 0 radical (unpaired) electrons. The van der Waals surface area contributed by atoms with Gasteiger partial charge in [-0.05, 0) is 18.4 Å². The van der Waals surface area contributed by atoms with E-state index >= 15 is 0 Å². The first-order chi connectivity index (χ1) is 5.18. The summed E-state index contributed by atoms with van der Waals surface area (Å²) in [4.78, 5) is 10.1. The normalized spacial score (nSPS) is 11.4. The molecular formula is C5H12NO3SZn. The van der Waals surface area contributed by atoms with Crippen molar-refractivity contribution in [3.05, 3.63) is 0 Å². The van der Waals surface area contributed by atoms with Gasteiger partial charge in [0.05, 0.1) is 0 Å². The molecule has 63 valence electrons. The molecule has 0 aliphatic heterocycles. The first-order valence-corrected chi connectivity index (χ1v) is 5.69. The van der Waals surface area contributed by atoms with Crippen LogP contribution in [0, 0.1) is 0 Å². The molecule has 4 N–H and O–H groups in total. The van der Waals surface area contributed by atoms with Crippen LogP contribution in [0.15, 0.2) is 0 Å². The molecule has 0 aliphatic carbocycles. The molecule has 1 atom stereocenters. The second kappa shape index (κ2) is 10.4. The Hall–Kier alpha value is 0.363. The summed E-state index contributed by atoms with van der Waals surface area (Å²) in [6.07, 6.45) is 2.48. The van der Waals surface area contributed by atoms with Crippen molar-refractivity contribution >= 4 is 17.7 Å². The monoisotopic (exact) mass is 230 g/mol. The van der Waals surface area contributed by atoms with Crippen LogP contribution in [0.5, 0.6) is 0 Å². The number of carboxylic acid groups (broad SMARTS) is 1. The van der Waals surface area contributed by atoms with Crippen LogP contribution in [0.4, 0.5) is 0 Å². The molecule has 0 rings (SSSR count). The summed E-state index contributed by atoms with van der Waals surface area (Å²) >= 11 is 1.98. The molecule has 0 unspecified atom stereocenters. The summed E-state index contributed by atoms with van der Waals surface area (Å²) in [5.74, 6) is -0.1000. The van der Waals surface area contributed by atoms with Crippen molar-refractivity contribution in [2.45, 2.75) is 12.5 Å². The van der Waals surface area contributed by atoms with Gasteiger partial charge >= 0.3 is 28.6 Å². The third-order valence-electron chi connectivity index (χ3n) is 0.950. The van der Waals surface area contributed by atoms with Gasteiger partial charge in [-0.2, -0.15) is 11.8 Å². The molecule has 6 heteroatoms. The maximum absolute atomic E-state index is 10.1. The van der Waals surface area contributed by atoms with E-state index in [1.807, 2.05) is 6.26 Å². The van der Waals surface area contributed by atoms with E-state index in [0.29, 0.717) is 25.1 Å². The Labute approximate surface area is 80.6 Å². The average molecular weight is 232 g/mol. The van der Waals surface area contributed by atoms with Gasteiger partial charge in [-0.15, -0.1) is 0 Å². The number of carboxylic acids is 1. The van der Waals surface area contributed by atoms with Gasteiger partial charge in [-0.3, -0.25) is 4.79 Å². The van der Waals surface area contributed by atoms with Crippen LogP contribution < -0.4 is 5.73 Å².